The van der Waals surface area contributed by atoms with E-state index < -0.39 is 6.10 Å². The summed E-state index contributed by atoms with van der Waals surface area (Å²) < 4.78 is 16.9. The highest BCUT2D eigenvalue weighted by Crippen LogP contribution is 2.19. The third-order valence-electron chi connectivity index (χ3n) is 16.1. The zero-order chi connectivity index (χ0) is 57.1. The Morgan fingerprint density at radius 2 is 0.456 bits per heavy atom. The predicted molar refractivity (Wildman–Crippen MR) is 344 cm³/mol. The van der Waals surface area contributed by atoms with Crippen LogP contribution in [0.4, 0.5) is 0 Å². The first-order valence-corrected chi connectivity index (χ1v) is 35.5. The summed E-state index contributed by atoms with van der Waals surface area (Å²) in [7, 11) is 0. The lowest BCUT2D eigenvalue weighted by Crippen LogP contribution is -2.30. The molecule has 0 saturated carbocycles. The molecule has 6 heteroatoms. The lowest BCUT2D eigenvalue weighted by molar-refractivity contribution is -0.167. The molecule has 0 bridgehead atoms. The van der Waals surface area contributed by atoms with Crippen LogP contribution in [-0.2, 0) is 28.6 Å². The van der Waals surface area contributed by atoms with Gasteiger partial charge in [0, 0.05) is 19.3 Å². The molecule has 0 spiro atoms. The van der Waals surface area contributed by atoms with E-state index in [0.717, 1.165) is 70.6 Å². The van der Waals surface area contributed by atoms with Crippen molar-refractivity contribution in [3.8, 4) is 0 Å². The first-order valence-electron chi connectivity index (χ1n) is 35.5. The lowest BCUT2D eigenvalue weighted by atomic mass is 10.0. The molecule has 6 nitrogen and oxygen atoms in total. The van der Waals surface area contributed by atoms with Crippen LogP contribution in [-0.4, -0.2) is 37.2 Å². The van der Waals surface area contributed by atoms with E-state index in [2.05, 4.69) is 57.2 Å². The molecule has 0 N–H and O–H groups in total. The van der Waals surface area contributed by atoms with E-state index in [-0.39, 0.29) is 31.1 Å². The second-order valence-electron chi connectivity index (χ2n) is 24.2. The summed E-state index contributed by atoms with van der Waals surface area (Å²) in [6.07, 6.45) is 84.8. The summed E-state index contributed by atoms with van der Waals surface area (Å²) in [5.74, 6) is -0.843. The van der Waals surface area contributed by atoms with Gasteiger partial charge in [-0.1, -0.05) is 353 Å². The van der Waals surface area contributed by atoms with Gasteiger partial charge in [-0.15, -0.1) is 0 Å². The quantitative estimate of drug-likeness (QED) is 0.0261. The van der Waals surface area contributed by atoms with Crippen LogP contribution in [0.25, 0.3) is 0 Å². The molecule has 0 rings (SSSR count). The van der Waals surface area contributed by atoms with Gasteiger partial charge in [0.25, 0.3) is 0 Å². The van der Waals surface area contributed by atoms with Crippen LogP contribution in [0.1, 0.15) is 393 Å². The summed E-state index contributed by atoms with van der Waals surface area (Å²) in [6, 6.07) is 0. The fourth-order valence-corrected chi connectivity index (χ4v) is 10.8. The molecule has 0 aromatic heterocycles. The lowest BCUT2D eigenvalue weighted by Gasteiger charge is -2.18. The predicted octanol–water partition coefficient (Wildman–Crippen LogP) is 24.3. The first-order chi connectivity index (χ1) is 39.0. The Kier molecular flexibility index (Phi) is 66.1. The molecule has 0 aliphatic carbocycles. The number of hydrogen-bond acceptors (Lipinski definition) is 6. The summed E-state index contributed by atoms with van der Waals surface area (Å²) in [6.45, 7) is 6.67. The molecule has 79 heavy (non-hydrogen) atoms. The number of hydrogen-bond donors (Lipinski definition) is 0. The summed E-state index contributed by atoms with van der Waals surface area (Å²) in [5, 5.41) is 0. The number of ether oxygens (including phenoxy) is 3. The Morgan fingerprint density at radius 1 is 0.253 bits per heavy atom. The molecule has 0 fully saturated rings. The monoisotopic (exact) mass is 1110 g/mol. The summed E-state index contributed by atoms with van der Waals surface area (Å²) in [4.78, 5) is 38.2. The van der Waals surface area contributed by atoms with E-state index in [1.54, 1.807) is 0 Å². The van der Waals surface area contributed by atoms with Crippen LogP contribution >= 0.6 is 0 Å². The minimum Gasteiger partial charge on any atom is -0.462 e. The molecule has 0 aliphatic heterocycles. The number of carbonyl (C=O) groups excluding carboxylic acids is 3. The summed E-state index contributed by atoms with van der Waals surface area (Å²) >= 11 is 0. The molecular weight excluding hydrogens is 973 g/mol. The van der Waals surface area contributed by atoms with Crippen molar-refractivity contribution < 1.29 is 28.6 Å². The first kappa shape index (κ1) is 76.6. The Bertz CT molecular complexity index is 1320. The molecule has 0 amide bonds. The Labute approximate surface area is 493 Å². The van der Waals surface area contributed by atoms with E-state index in [1.807, 2.05) is 0 Å². The van der Waals surface area contributed by atoms with Gasteiger partial charge in [0.05, 0.1) is 0 Å². The van der Waals surface area contributed by atoms with Crippen LogP contribution in [0.5, 0.6) is 0 Å². The molecule has 0 radical (unpaired) electrons. The van der Waals surface area contributed by atoms with E-state index in [1.165, 1.54) is 283 Å². The number of allylic oxidation sites excluding steroid dienone is 6. The van der Waals surface area contributed by atoms with Crippen molar-refractivity contribution in [1.29, 1.82) is 0 Å². The number of carbonyl (C=O) groups is 3. The maximum absolute atomic E-state index is 12.9. The standard InChI is InChI=1S/C73H136O6/c1-4-7-10-13-16-19-21-23-25-27-29-31-33-35-36-37-38-39-41-42-44-46-48-50-52-54-57-60-63-66-72(75)78-69-70(68-77-71(74)65-62-59-56-18-15-12-9-6-3)79-73(76)67-64-61-58-55-53-51-49-47-45-43-40-34-32-30-28-26-24-22-20-17-14-11-8-5-2/h21,23,27,29,33,35,70H,4-20,22,24-26,28,30-32,34,36-69H2,1-3H3/b23-21-,29-27-,35-33-. The van der Waals surface area contributed by atoms with Gasteiger partial charge < -0.3 is 14.2 Å². The van der Waals surface area contributed by atoms with Crippen molar-refractivity contribution in [2.45, 2.75) is 399 Å². The highest BCUT2D eigenvalue weighted by molar-refractivity contribution is 5.71. The molecule has 0 aromatic carbocycles. The van der Waals surface area contributed by atoms with Gasteiger partial charge in [-0.3, -0.25) is 14.4 Å². The highest BCUT2D eigenvalue weighted by Gasteiger charge is 2.19. The van der Waals surface area contributed by atoms with E-state index >= 15 is 0 Å². The van der Waals surface area contributed by atoms with Crippen molar-refractivity contribution in [3.63, 3.8) is 0 Å². The number of esters is 3. The Morgan fingerprint density at radius 3 is 0.709 bits per heavy atom. The topological polar surface area (TPSA) is 78.9 Å². The smallest absolute Gasteiger partial charge is 0.306 e. The fraction of sp³-hybridized carbons (Fsp3) is 0.877. The third kappa shape index (κ3) is 66.3. The van der Waals surface area contributed by atoms with Crippen LogP contribution < -0.4 is 0 Å². The van der Waals surface area contributed by atoms with Gasteiger partial charge >= 0.3 is 17.9 Å². The van der Waals surface area contributed by atoms with Gasteiger partial charge in [0.15, 0.2) is 6.10 Å². The van der Waals surface area contributed by atoms with Crippen molar-refractivity contribution in [2.24, 2.45) is 0 Å². The van der Waals surface area contributed by atoms with Crippen LogP contribution in [0.3, 0.4) is 0 Å². The summed E-state index contributed by atoms with van der Waals surface area (Å²) in [5.41, 5.74) is 0. The van der Waals surface area contributed by atoms with Gasteiger partial charge in [0.1, 0.15) is 13.2 Å². The molecule has 0 heterocycles. The Balaban J connectivity index is 4.06. The van der Waals surface area contributed by atoms with Crippen molar-refractivity contribution >= 4 is 17.9 Å². The van der Waals surface area contributed by atoms with Gasteiger partial charge in [-0.25, -0.2) is 0 Å². The van der Waals surface area contributed by atoms with Gasteiger partial charge in [-0.05, 0) is 57.8 Å². The minimum absolute atomic E-state index is 0.0663. The minimum atomic E-state index is -0.767. The Hall–Kier alpha value is -2.37. The zero-order valence-electron chi connectivity index (χ0n) is 53.4. The van der Waals surface area contributed by atoms with E-state index in [0.29, 0.717) is 19.3 Å². The largest absolute Gasteiger partial charge is 0.462 e. The molecule has 1 atom stereocenters. The maximum Gasteiger partial charge on any atom is 0.306 e. The average Bonchev–Trinajstić information content (AvgIpc) is 3.45. The zero-order valence-corrected chi connectivity index (χ0v) is 53.4. The second-order valence-corrected chi connectivity index (χ2v) is 24.2. The number of unbranched alkanes of at least 4 members (excludes halogenated alkanes) is 49. The van der Waals surface area contributed by atoms with Crippen molar-refractivity contribution in [2.75, 3.05) is 13.2 Å². The molecule has 0 aromatic rings. The van der Waals surface area contributed by atoms with E-state index in [4.69, 9.17) is 14.2 Å². The molecular formula is C73H136O6. The van der Waals surface area contributed by atoms with Gasteiger partial charge in [0.2, 0.25) is 0 Å². The van der Waals surface area contributed by atoms with Crippen LogP contribution in [0.2, 0.25) is 0 Å². The molecule has 1 unspecified atom stereocenters. The molecule has 0 aliphatic rings. The second kappa shape index (κ2) is 68.1. The van der Waals surface area contributed by atoms with Crippen molar-refractivity contribution in [1.82, 2.24) is 0 Å². The molecule has 0 saturated heterocycles. The van der Waals surface area contributed by atoms with Crippen molar-refractivity contribution in [3.05, 3.63) is 36.5 Å². The van der Waals surface area contributed by atoms with Crippen LogP contribution in [0.15, 0.2) is 36.5 Å². The SMILES string of the molecule is CCCCCCC/C=C\C/C=C\C/C=C\CCCCCCCCCCCCCCCCC(=O)OCC(COC(=O)CCCCCCCCCC)OC(=O)CCCCCCCCCCCCCCCCCCCCCCCCCC. The van der Waals surface area contributed by atoms with Gasteiger partial charge in [-0.2, -0.15) is 0 Å². The third-order valence-corrected chi connectivity index (χ3v) is 16.1. The molecule has 464 valence electrons. The average molecular weight is 1110 g/mol. The number of rotatable bonds is 66. The highest BCUT2D eigenvalue weighted by atomic mass is 16.6. The fourth-order valence-electron chi connectivity index (χ4n) is 10.8. The van der Waals surface area contributed by atoms with E-state index in [9.17, 15) is 14.4 Å². The normalized spacial score (nSPS) is 12.2. The maximum atomic E-state index is 12.9. The van der Waals surface area contributed by atoms with Crippen LogP contribution in [0, 0.1) is 0 Å².